The summed E-state index contributed by atoms with van der Waals surface area (Å²) in [4.78, 5) is 25.6. The topological polar surface area (TPSA) is 58.9 Å². The molecule has 0 N–H and O–H groups in total. The van der Waals surface area contributed by atoms with Crippen LogP contribution >= 0.6 is 0 Å². The van der Waals surface area contributed by atoms with Crippen molar-refractivity contribution in [2.75, 3.05) is 13.1 Å². The van der Waals surface area contributed by atoms with E-state index >= 15 is 0 Å². The van der Waals surface area contributed by atoms with E-state index in [0.717, 1.165) is 0 Å². The second kappa shape index (κ2) is 17.2. The molecule has 98 valence electrons. The van der Waals surface area contributed by atoms with Crippen molar-refractivity contribution in [2.24, 2.45) is 15.9 Å². The number of aliphatic imine (C=N–C) groups is 2. The van der Waals surface area contributed by atoms with Crippen LogP contribution < -0.4 is 0 Å². The first-order valence-corrected chi connectivity index (χ1v) is 6.42. The number of carbonyl (C=O) groups excluding carboxylic acids is 2. The Kier molecular flexibility index (Phi) is 18.3. The lowest BCUT2D eigenvalue weighted by Gasteiger charge is -2.18. The molecule has 4 nitrogen and oxygen atoms in total. The molecule has 17 heavy (non-hydrogen) atoms. The highest BCUT2D eigenvalue weighted by Gasteiger charge is 2.11. The maximum Gasteiger partial charge on any atom is 0.234 e. The van der Waals surface area contributed by atoms with Gasteiger partial charge in [0.1, 0.15) is 0 Å². The fourth-order valence-electron chi connectivity index (χ4n) is 1.60. The van der Waals surface area contributed by atoms with E-state index in [2.05, 4.69) is 9.98 Å². The lowest BCUT2D eigenvalue weighted by atomic mass is 9.89. The molecule has 1 aliphatic carbocycles. The Morgan fingerprint density at radius 1 is 1.00 bits per heavy atom. The molecular formula is C13H24N2O2. The van der Waals surface area contributed by atoms with E-state index in [1.165, 1.54) is 38.2 Å². The SMILES string of the molecule is CC.CCN=C=O.O=C=NCC1CCCCC1. The molecule has 0 bridgehead atoms. The summed E-state index contributed by atoms with van der Waals surface area (Å²) >= 11 is 0. The van der Waals surface area contributed by atoms with Gasteiger partial charge < -0.3 is 0 Å². The average Bonchev–Trinajstić information content (AvgIpc) is 2.41. The van der Waals surface area contributed by atoms with Crippen LogP contribution in [-0.4, -0.2) is 25.2 Å². The van der Waals surface area contributed by atoms with E-state index < -0.39 is 0 Å². The van der Waals surface area contributed by atoms with Crippen molar-refractivity contribution in [3.63, 3.8) is 0 Å². The number of hydrogen-bond donors (Lipinski definition) is 0. The molecular weight excluding hydrogens is 216 g/mol. The highest BCUT2D eigenvalue weighted by molar-refractivity contribution is 5.32. The second-order valence-corrected chi connectivity index (χ2v) is 3.50. The number of rotatable bonds is 3. The summed E-state index contributed by atoms with van der Waals surface area (Å²) in [6.07, 6.45) is 9.49. The molecule has 0 radical (unpaired) electrons. The third-order valence-corrected chi connectivity index (χ3v) is 2.36. The van der Waals surface area contributed by atoms with Gasteiger partial charge in [-0.05, 0) is 25.7 Å². The summed E-state index contributed by atoms with van der Waals surface area (Å²) < 4.78 is 0. The number of hydrogen-bond acceptors (Lipinski definition) is 4. The fraction of sp³-hybridized carbons (Fsp3) is 0.846. The molecule has 0 heterocycles. The van der Waals surface area contributed by atoms with Gasteiger partial charge in [-0.25, -0.2) is 19.6 Å². The van der Waals surface area contributed by atoms with Crippen LogP contribution in [0.4, 0.5) is 0 Å². The average molecular weight is 240 g/mol. The lowest BCUT2D eigenvalue weighted by Crippen LogP contribution is -2.08. The van der Waals surface area contributed by atoms with Crippen molar-refractivity contribution in [3.05, 3.63) is 0 Å². The van der Waals surface area contributed by atoms with Gasteiger partial charge in [0.15, 0.2) is 0 Å². The third-order valence-electron chi connectivity index (χ3n) is 2.36. The zero-order valence-electron chi connectivity index (χ0n) is 11.2. The molecule has 0 aromatic heterocycles. The van der Waals surface area contributed by atoms with Crippen LogP contribution in [0.1, 0.15) is 52.9 Å². The highest BCUT2D eigenvalue weighted by atomic mass is 16.1. The van der Waals surface area contributed by atoms with Gasteiger partial charge in [0, 0.05) is 6.54 Å². The Morgan fingerprint density at radius 3 is 1.88 bits per heavy atom. The van der Waals surface area contributed by atoms with Crippen molar-refractivity contribution in [2.45, 2.75) is 52.9 Å². The minimum atomic E-state index is 0.545. The van der Waals surface area contributed by atoms with Crippen molar-refractivity contribution in [1.82, 2.24) is 0 Å². The quantitative estimate of drug-likeness (QED) is 0.561. The predicted molar refractivity (Wildman–Crippen MR) is 69.6 cm³/mol. The third kappa shape index (κ3) is 14.8. The molecule has 1 saturated carbocycles. The minimum Gasteiger partial charge on any atom is -0.211 e. The van der Waals surface area contributed by atoms with E-state index in [0.29, 0.717) is 19.0 Å². The molecule has 0 unspecified atom stereocenters. The molecule has 0 spiro atoms. The van der Waals surface area contributed by atoms with Gasteiger partial charge in [-0.15, -0.1) is 0 Å². The first-order chi connectivity index (χ1) is 8.35. The molecule has 0 amide bonds. The minimum absolute atomic E-state index is 0.545. The van der Waals surface area contributed by atoms with Crippen LogP contribution in [0.3, 0.4) is 0 Å². The zero-order valence-corrected chi connectivity index (χ0v) is 11.2. The maximum absolute atomic E-state index is 9.76. The summed E-state index contributed by atoms with van der Waals surface area (Å²) in [6.45, 7) is 7.04. The Balaban J connectivity index is 0. The molecule has 0 aromatic rings. The van der Waals surface area contributed by atoms with Gasteiger partial charge in [0.05, 0.1) is 6.54 Å². The number of nitrogens with zero attached hydrogens (tertiary/aromatic N) is 2. The zero-order chi connectivity index (χ0) is 13.4. The van der Waals surface area contributed by atoms with Crippen LogP contribution in [-0.2, 0) is 9.59 Å². The predicted octanol–water partition coefficient (Wildman–Crippen LogP) is 3.27. The molecule has 0 saturated heterocycles. The molecule has 0 aliphatic heterocycles. The van der Waals surface area contributed by atoms with Crippen molar-refractivity contribution in [1.29, 1.82) is 0 Å². The van der Waals surface area contributed by atoms with Crippen molar-refractivity contribution >= 4 is 12.2 Å². The summed E-state index contributed by atoms with van der Waals surface area (Å²) in [5.74, 6) is 0.676. The van der Waals surface area contributed by atoms with E-state index in [1.807, 2.05) is 13.8 Å². The van der Waals surface area contributed by atoms with Crippen molar-refractivity contribution < 1.29 is 9.59 Å². The second-order valence-electron chi connectivity index (χ2n) is 3.50. The highest BCUT2D eigenvalue weighted by Crippen LogP contribution is 2.23. The fourth-order valence-corrected chi connectivity index (χ4v) is 1.60. The smallest absolute Gasteiger partial charge is 0.211 e. The molecule has 0 atom stereocenters. The van der Waals surface area contributed by atoms with Crippen LogP contribution in [0.5, 0.6) is 0 Å². The molecule has 4 heteroatoms. The summed E-state index contributed by atoms with van der Waals surface area (Å²) in [5, 5.41) is 0. The van der Waals surface area contributed by atoms with Gasteiger partial charge in [-0.1, -0.05) is 33.1 Å². The summed E-state index contributed by atoms with van der Waals surface area (Å²) in [5.41, 5.74) is 0. The first kappa shape index (κ1) is 18.1. The summed E-state index contributed by atoms with van der Waals surface area (Å²) in [6, 6.07) is 0. The lowest BCUT2D eigenvalue weighted by molar-refractivity contribution is 0.366. The summed E-state index contributed by atoms with van der Waals surface area (Å²) in [7, 11) is 0. The molecule has 1 fully saturated rings. The van der Waals surface area contributed by atoms with E-state index in [-0.39, 0.29) is 0 Å². The van der Waals surface area contributed by atoms with E-state index in [9.17, 15) is 4.79 Å². The first-order valence-electron chi connectivity index (χ1n) is 6.42. The van der Waals surface area contributed by atoms with E-state index in [4.69, 9.17) is 4.79 Å². The standard InChI is InChI=1S/C8H13NO.C3H5NO.C2H6/c10-7-9-6-8-4-2-1-3-5-8;1-2-4-3-5;1-2/h8H,1-6H2;2H2,1H3;1-2H3. The van der Waals surface area contributed by atoms with E-state index in [1.54, 1.807) is 13.0 Å². The Hall–Kier alpha value is -1.24. The Bertz CT molecular complexity index is 236. The van der Waals surface area contributed by atoms with Crippen LogP contribution in [0.2, 0.25) is 0 Å². The van der Waals surface area contributed by atoms with Crippen LogP contribution in [0.15, 0.2) is 9.98 Å². The Morgan fingerprint density at radius 2 is 1.53 bits per heavy atom. The van der Waals surface area contributed by atoms with Crippen LogP contribution in [0.25, 0.3) is 0 Å². The molecule has 0 aromatic carbocycles. The van der Waals surface area contributed by atoms with Crippen molar-refractivity contribution in [3.8, 4) is 0 Å². The maximum atomic E-state index is 9.76. The van der Waals surface area contributed by atoms with Gasteiger partial charge >= 0.3 is 0 Å². The largest absolute Gasteiger partial charge is 0.234 e. The molecule has 1 rings (SSSR count). The monoisotopic (exact) mass is 240 g/mol. The normalized spacial score (nSPS) is 13.8. The van der Waals surface area contributed by atoms with Gasteiger partial charge in [0.25, 0.3) is 0 Å². The Labute approximate surface area is 104 Å². The molecule has 1 aliphatic rings. The van der Waals surface area contributed by atoms with Gasteiger partial charge in [-0.2, -0.15) is 0 Å². The van der Waals surface area contributed by atoms with Gasteiger partial charge in [0.2, 0.25) is 12.2 Å². The number of isocyanates is 2. The van der Waals surface area contributed by atoms with Crippen LogP contribution in [0, 0.1) is 5.92 Å². The van der Waals surface area contributed by atoms with Gasteiger partial charge in [-0.3, -0.25) is 0 Å².